The summed E-state index contributed by atoms with van der Waals surface area (Å²) in [5.41, 5.74) is 5.13. The van der Waals surface area contributed by atoms with Crippen LogP contribution in [0.4, 0.5) is 17.2 Å². The molecule has 5 nitrogen and oxygen atoms in total. The Balaban J connectivity index is 1.61. The fraction of sp³-hybridized carbons (Fsp3) is 0.190. The van der Waals surface area contributed by atoms with Crippen molar-refractivity contribution in [2.45, 2.75) is 20.3 Å². The van der Waals surface area contributed by atoms with Crippen LogP contribution in [0.1, 0.15) is 16.7 Å². The molecule has 0 saturated heterocycles. The Morgan fingerprint density at radius 2 is 1.74 bits per heavy atom. The highest BCUT2D eigenvalue weighted by Gasteiger charge is 2.11. The molecule has 0 atom stereocenters. The number of hydrogen-bond acceptors (Lipinski definition) is 4. The third-order valence-electron chi connectivity index (χ3n) is 4.19. The van der Waals surface area contributed by atoms with Crippen molar-refractivity contribution < 1.29 is 8.42 Å². The van der Waals surface area contributed by atoms with Gasteiger partial charge in [0, 0.05) is 5.69 Å². The Morgan fingerprint density at radius 3 is 2.41 bits per heavy atom. The van der Waals surface area contributed by atoms with Gasteiger partial charge in [0.1, 0.15) is 5.82 Å². The number of aryl methyl sites for hydroxylation is 3. The van der Waals surface area contributed by atoms with Crippen LogP contribution in [0.5, 0.6) is 0 Å². The summed E-state index contributed by atoms with van der Waals surface area (Å²) >= 11 is 0. The third-order valence-corrected chi connectivity index (χ3v) is 5.45. The second-order valence-electron chi connectivity index (χ2n) is 6.53. The zero-order chi connectivity index (χ0) is 19.3. The van der Waals surface area contributed by atoms with E-state index in [9.17, 15) is 8.42 Å². The number of nitrogens with one attached hydrogen (secondary N) is 2. The van der Waals surface area contributed by atoms with Crippen LogP contribution in [0.15, 0.2) is 66.9 Å². The molecule has 6 heteroatoms. The molecule has 0 aliphatic heterocycles. The van der Waals surface area contributed by atoms with Gasteiger partial charge in [-0.15, -0.1) is 0 Å². The smallest absolute Gasteiger partial charge is 0.234 e. The molecule has 0 fully saturated rings. The highest BCUT2D eigenvalue weighted by atomic mass is 32.2. The van der Waals surface area contributed by atoms with E-state index in [2.05, 4.69) is 28.0 Å². The summed E-state index contributed by atoms with van der Waals surface area (Å²) in [4.78, 5) is 4.21. The van der Waals surface area contributed by atoms with E-state index in [0.717, 1.165) is 22.5 Å². The lowest BCUT2D eigenvalue weighted by Gasteiger charge is -2.11. The van der Waals surface area contributed by atoms with Gasteiger partial charge >= 0.3 is 0 Å². The largest absolute Gasteiger partial charge is 0.354 e. The summed E-state index contributed by atoms with van der Waals surface area (Å²) in [7, 11) is -3.45. The van der Waals surface area contributed by atoms with Crippen molar-refractivity contribution in [3.8, 4) is 0 Å². The minimum absolute atomic E-state index is 0.0151. The van der Waals surface area contributed by atoms with Crippen molar-refractivity contribution in [2.24, 2.45) is 0 Å². The molecule has 0 aliphatic carbocycles. The van der Waals surface area contributed by atoms with Gasteiger partial charge in [-0.3, -0.25) is 4.72 Å². The van der Waals surface area contributed by atoms with Crippen LogP contribution < -0.4 is 10.0 Å². The second kappa shape index (κ2) is 8.22. The predicted octanol–water partition coefficient (Wildman–Crippen LogP) is 4.43. The van der Waals surface area contributed by atoms with Crippen LogP contribution in [0.3, 0.4) is 0 Å². The number of nitrogens with zero attached hydrogens (tertiary/aromatic N) is 1. The van der Waals surface area contributed by atoms with Crippen LogP contribution in [0.25, 0.3) is 0 Å². The summed E-state index contributed by atoms with van der Waals surface area (Å²) in [5, 5.41) is 3.30. The number of rotatable bonds is 7. The number of aromatic nitrogens is 1. The Hall–Kier alpha value is -2.86. The lowest BCUT2D eigenvalue weighted by molar-refractivity contribution is 0.600. The van der Waals surface area contributed by atoms with Gasteiger partial charge in [0.15, 0.2) is 0 Å². The first-order chi connectivity index (χ1) is 12.9. The molecular formula is C21H23N3O2S. The molecule has 3 rings (SSSR count). The molecule has 0 unspecified atom stereocenters. The van der Waals surface area contributed by atoms with Crippen molar-refractivity contribution in [1.29, 1.82) is 0 Å². The maximum Gasteiger partial charge on any atom is 0.234 e. The summed E-state index contributed by atoms with van der Waals surface area (Å²) in [6, 6.07) is 19.2. The Morgan fingerprint density at radius 1 is 0.963 bits per heavy atom. The van der Waals surface area contributed by atoms with Crippen molar-refractivity contribution in [3.05, 3.63) is 83.6 Å². The Kier molecular flexibility index (Phi) is 5.76. The van der Waals surface area contributed by atoms with E-state index in [1.807, 2.05) is 49.4 Å². The molecule has 2 N–H and O–H groups in total. The van der Waals surface area contributed by atoms with Crippen molar-refractivity contribution in [2.75, 3.05) is 15.8 Å². The van der Waals surface area contributed by atoms with E-state index in [-0.39, 0.29) is 5.75 Å². The van der Waals surface area contributed by atoms with E-state index in [0.29, 0.717) is 12.2 Å². The van der Waals surface area contributed by atoms with Crippen LogP contribution >= 0.6 is 0 Å². The molecule has 0 spiro atoms. The highest BCUT2D eigenvalue weighted by molar-refractivity contribution is 7.92. The first-order valence-electron chi connectivity index (χ1n) is 8.76. The molecule has 0 bridgehead atoms. The van der Waals surface area contributed by atoms with E-state index < -0.39 is 10.0 Å². The first kappa shape index (κ1) is 18.9. The maximum atomic E-state index is 12.3. The van der Waals surface area contributed by atoms with Crippen molar-refractivity contribution in [1.82, 2.24) is 4.98 Å². The van der Waals surface area contributed by atoms with E-state index >= 15 is 0 Å². The summed E-state index contributed by atoms with van der Waals surface area (Å²) < 4.78 is 27.0. The molecule has 0 aliphatic rings. The van der Waals surface area contributed by atoms with Gasteiger partial charge in [-0.05, 0) is 49.6 Å². The molecule has 0 saturated carbocycles. The number of hydrogen-bond donors (Lipinski definition) is 2. The summed E-state index contributed by atoms with van der Waals surface area (Å²) in [6.45, 7) is 4.09. The van der Waals surface area contributed by atoms with Gasteiger partial charge in [-0.2, -0.15) is 0 Å². The van der Waals surface area contributed by atoms with E-state index in [1.54, 1.807) is 18.3 Å². The van der Waals surface area contributed by atoms with Gasteiger partial charge in [-0.1, -0.05) is 48.0 Å². The third kappa shape index (κ3) is 5.56. The molecule has 140 valence electrons. The monoisotopic (exact) mass is 381 g/mol. The first-order valence-corrected chi connectivity index (χ1v) is 10.4. The zero-order valence-electron chi connectivity index (χ0n) is 15.4. The highest BCUT2D eigenvalue weighted by Crippen LogP contribution is 2.22. The molecule has 0 amide bonds. The molecule has 27 heavy (non-hydrogen) atoms. The van der Waals surface area contributed by atoms with Crippen molar-refractivity contribution in [3.63, 3.8) is 0 Å². The maximum absolute atomic E-state index is 12.3. The molecular weight excluding hydrogens is 358 g/mol. The number of anilines is 3. The molecule has 2 aromatic carbocycles. The van der Waals surface area contributed by atoms with Gasteiger partial charge in [0.2, 0.25) is 10.0 Å². The van der Waals surface area contributed by atoms with Crippen LogP contribution in [0, 0.1) is 13.8 Å². The molecule has 3 aromatic rings. The number of pyridine rings is 1. The van der Waals surface area contributed by atoms with Crippen LogP contribution in [-0.2, 0) is 16.4 Å². The minimum atomic E-state index is -3.45. The normalized spacial score (nSPS) is 11.2. The topological polar surface area (TPSA) is 71.1 Å². The average molecular weight is 382 g/mol. The Bertz CT molecular complexity index is 1000. The van der Waals surface area contributed by atoms with E-state index in [1.165, 1.54) is 5.56 Å². The predicted molar refractivity (Wildman–Crippen MR) is 111 cm³/mol. The average Bonchev–Trinajstić information content (AvgIpc) is 2.65. The SMILES string of the molecule is Cc1ccc(Nc2ccc(NS(=O)(=O)CCc3ccccc3)nc2)c(C)c1. The minimum Gasteiger partial charge on any atom is -0.354 e. The standard InChI is InChI=1S/C21H23N3O2S/c1-16-8-10-20(17(2)14-16)23-19-9-11-21(22-15-19)24-27(25,26)13-12-18-6-4-3-5-7-18/h3-11,14-15,23H,12-13H2,1-2H3,(H,22,24). The number of sulfonamides is 1. The van der Waals surface area contributed by atoms with Crippen LogP contribution in [-0.4, -0.2) is 19.2 Å². The second-order valence-corrected chi connectivity index (χ2v) is 8.37. The Labute approximate surface area is 160 Å². The fourth-order valence-corrected chi connectivity index (χ4v) is 3.79. The van der Waals surface area contributed by atoms with E-state index in [4.69, 9.17) is 0 Å². The molecule has 1 heterocycles. The van der Waals surface area contributed by atoms with Gasteiger partial charge in [0.25, 0.3) is 0 Å². The van der Waals surface area contributed by atoms with Gasteiger partial charge in [0.05, 0.1) is 17.6 Å². The summed E-state index contributed by atoms with van der Waals surface area (Å²) in [6.07, 6.45) is 2.08. The zero-order valence-corrected chi connectivity index (χ0v) is 16.3. The van der Waals surface area contributed by atoms with Gasteiger partial charge < -0.3 is 5.32 Å². The molecule has 0 radical (unpaired) electrons. The fourth-order valence-electron chi connectivity index (χ4n) is 2.74. The van der Waals surface area contributed by atoms with Crippen molar-refractivity contribution >= 4 is 27.2 Å². The molecule has 1 aromatic heterocycles. The van der Waals surface area contributed by atoms with Gasteiger partial charge in [-0.25, -0.2) is 13.4 Å². The van der Waals surface area contributed by atoms with Crippen LogP contribution in [0.2, 0.25) is 0 Å². The summed E-state index contributed by atoms with van der Waals surface area (Å²) in [5.74, 6) is 0.329. The lowest BCUT2D eigenvalue weighted by Crippen LogP contribution is -2.18. The lowest BCUT2D eigenvalue weighted by atomic mass is 10.1. The quantitative estimate of drug-likeness (QED) is 0.635. The number of benzene rings is 2.